The van der Waals surface area contributed by atoms with Crippen LogP contribution in [0.2, 0.25) is 0 Å². The van der Waals surface area contributed by atoms with Crippen molar-refractivity contribution in [2.24, 2.45) is 0 Å². The smallest absolute Gasteiger partial charge is 0.264 e. The minimum Gasteiger partial charge on any atom is -0.264 e. The summed E-state index contributed by atoms with van der Waals surface area (Å²) in [5, 5.41) is 0. The summed E-state index contributed by atoms with van der Waals surface area (Å²) in [5.41, 5.74) is 0. The minimum absolute atomic E-state index is 0.0833. The average molecular weight is 697 g/mol. The molecule has 0 aliphatic rings. The van der Waals surface area contributed by atoms with E-state index < -0.39 is 20.8 Å². The third-order valence-electron chi connectivity index (χ3n) is 7.78. The highest BCUT2D eigenvalue weighted by Crippen LogP contribution is 2.12. The van der Waals surface area contributed by atoms with Crippen molar-refractivity contribution < 1.29 is 34.3 Å². The number of unbranched alkanes of at least 4 members (excludes halogenated alkanes) is 24. The van der Waals surface area contributed by atoms with E-state index in [2.05, 4.69) is 46.5 Å². The van der Waals surface area contributed by atoms with Crippen molar-refractivity contribution in [3.8, 4) is 0 Å². The summed E-state index contributed by atoms with van der Waals surface area (Å²) < 4.78 is 66.6. The lowest BCUT2D eigenvalue weighted by atomic mass is 10.1. The number of rotatable bonds is 34. The van der Waals surface area contributed by atoms with Crippen LogP contribution >= 0.6 is 0 Å². The van der Waals surface area contributed by atoms with Crippen LogP contribution in [0.15, 0.2) is 24.3 Å². The normalized spacial score (nSPS) is 12.3. The van der Waals surface area contributed by atoms with Crippen molar-refractivity contribution in [1.29, 1.82) is 0 Å². The molecular weight excluding hydrogens is 625 g/mol. The van der Waals surface area contributed by atoms with Gasteiger partial charge in [0.05, 0.1) is 13.2 Å². The molecule has 0 aliphatic heterocycles. The van der Waals surface area contributed by atoms with Gasteiger partial charge in [0.1, 0.15) is 0 Å². The van der Waals surface area contributed by atoms with Gasteiger partial charge in [-0.15, -0.1) is 0 Å². The molecule has 2 N–H and O–H groups in total. The van der Waals surface area contributed by atoms with E-state index in [0.717, 1.165) is 25.7 Å². The molecular formula is C36H72O8S2. The molecule has 46 heavy (non-hydrogen) atoms. The van der Waals surface area contributed by atoms with Crippen molar-refractivity contribution in [3.05, 3.63) is 24.3 Å². The molecule has 0 saturated heterocycles. The van der Waals surface area contributed by atoms with Gasteiger partial charge in [0.15, 0.2) is 0 Å². The summed E-state index contributed by atoms with van der Waals surface area (Å²) in [5.74, 6) is 0. The van der Waals surface area contributed by atoms with Crippen molar-refractivity contribution in [2.75, 3.05) is 13.2 Å². The zero-order valence-electron chi connectivity index (χ0n) is 29.7. The first kappa shape index (κ1) is 47.3. The van der Waals surface area contributed by atoms with Crippen LogP contribution in [0.4, 0.5) is 0 Å². The number of allylic oxidation sites excluding steroid dienone is 4. The maximum absolute atomic E-state index is 10.3. The Kier molecular flexibility index (Phi) is 38.1. The second-order valence-corrected chi connectivity index (χ2v) is 14.6. The van der Waals surface area contributed by atoms with Gasteiger partial charge in [-0.2, -0.15) is 16.8 Å². The first-order chi connectivity index (χ1) is 22.1. The molecule has 10 heteroatoms. The predicted molar refractivity (Wildman–Crippen MR) is 194 cm³/mol. The highest BCUT2D eigenvalue weighted by Gasteiger charge is 2.03. The second kappa shape index (κ2) is 37.0. The Morgan fingerprint density at radius 2 is 0.587 bits per heavy atom. The highest BCUT2D eigenvalue weighted by atomic mass is 32.3. The molecule has 0 saturated carbocycles. The van der Waals surface area contributed by atoms with Gasteiger partial charge >= 0.3 is 20.8 Å². The monoisotopic (exact) mass is 696 g/mol. The minimum atomic E-state index is -4.25. The Morgan fingerprint density at radius 1 is 0.370 bits per heavy atom. The zero-order valence-corrected chi connectivity index (χ0v) is 31.3. The molecule has 0 spiro atoms. The fourth-order valence-electron chi connectivity index (χ4n) is 5.03. The Hall–Kier alpha value is -0.780. The van der Waals surface area contributed by atoms with Gasteiger partial charge in [0.25, 0.3) is 0 Å². The van der Waals surface area contributed by atoms with Crippen LogP contribution in [0.25, 0.3) is 0 Å². The van der Waals surface area contributed by atoms with Crippen molar-refractivity contribution in [1.82, 2.24) is 0 Å². The Bertz CT molecular complexity index is 798. The van der Waals surface area contributed by atoms with Crippen LogP contribution in [0.5, 0.6) is 0 Å². The summed E-state index contributed by atoms with van der Waals surface area (Å²) >= 11 is 0. The molecule has 0 aromatic carbocycles. The third kappa shape index (κ3) is 50.1. The summed E-state index contributed by atoms with van der Waals surface area (Å²) in [7, 11) is -8.50. The zero-order chi connectivity index (χ0) is 34.5. The SMILES string of the molecule is CCCCCCCC/C=C\CCCCCCCCOS(=O)(=O)O.CCCCCCCC/C=C\CCCCCCCCOS(=O)(=O)O. The van der Waals surface area contributed by atoms with E-state index in [4.69, 9.17) is 9.11 Å². The second-order valence-electron chi connectivity index (χ2n) is 12.4. The Morgan fingerprint density at radius 3 is 0.826 bits per heavy atom. The van der Waals surface area contributed by atoms with E-state index in [1.54, 1.807) is 0 Å². The molecule has 0 unspecified atom stereocenters. The lowest BCUT2D eigenvalue weighted by Gasteiger charge is -2.01. The third-order valence-corrected chi connectivity index (χ3v) is 8.71. The van der Waals surface area contributed by atoms with Crippen molar-refractivity contribution in [2.45, 2.75) is 194 Å². The summed E-state index contributed by atoms with van der Waals surface area (Å²) in [4.78, 5) is 0. The number of hydrogen-bond donors (Lipinski definition) is 2. The van der Waals surface area contributed by atoms with Gasteiger partial charge < -0.3 is 0 Å². The first-order valence-electron chi connectivity index (χ1n) is 18.7. The topological polar surface area (TPSA) is 127 Å². The summed E-state index contributed by atoms with van der Waals surface area (Å²) in [6.45, 7) is 4.67. The van der Waals surface area contributed by atoms with Crippen molar-refractivity contribution in [3.63, 3.8) is 0 Å². The van der Waals surface area contributed by atoms with Gasteiger partial charge in [-0.25, -0.2) is 8.37 Å². The first-order valence-corrected chi connectivity index (χ1v) is 21.4. The number of hydrogen-bond acceptors (Lipinski definition) is 6. The quantitative estimate of drug-likeness (QED) is 0.0386. The van der Waals surface area contributed by atoms with E-state index in [9.17, 15) is 16.8 Å². The molecule has 0 heterocycles. The molecule has 0 fully saturated rings. The van der Waals surface area contributed by atoms with Crippen LogP contribution in [-0.2, 0) is 29.2 Å². The predicted octanol–water partition coefficient (Wildman–Crippen LogP) is 11.7. The molecule has 0 aromatic heterocycles. The van der Waals surface area contributed by atoms with Gasteiger partial charge in [0.2, 0.25) is 0 Å². The van der Waals surface area contributed by atoms with Crippen LogP contribution in [0.1, 0.15) is 194 Å². The van der Waals surface area contributed by atoms with Gasteiger partial charge in [-0.05, 0) is 64.2 Å². The maximum atomic E-state index is 10.3. The molecule has 0 bridgehead atoms. The molecule has 0 radical (unpaired) electrons. The van der Waals surface area contributed by atoms with E-state index in [1.807, 2.05) is 0 Å². The van der Waals surface area contributed by atoms with Gasteiger partial charge in [-0.1, -0.05) is 154 Å². The molecule has 0 aromatic rings. The molecule has 276 valence electrons. The van der Waals surface area contributed by atoms with E-state index in [1.165, 1.54) is 141 Å². The fourth-order valence-corrected chi connectivity index (χ4v) is 5.68. The standard InChI is InChI=1S/2C18H36O4S/c2*1-2-3-4-5-6-7-8-9-10-11-12-13-14-15-16-17-18-22-23(19,20)21/h2*9-10H,2-8,11-18H2,1H3,(H,19,20,21)/b2*10-9-. The van der Waals surface area contributed by atoms with Crippen LogP contribution in [0, 0.1) is 0 Å². The Balaban J connectivity index is 0. The van der Waals surface area contributed by atoms with Crippen LogP contribution in [-0.4, -0.2) is 39.2 Å². The van der Waals surface area contributed by atoms with Crippen LogP contribution in [0.3, 0.4) is 0 Å². The van der Waals surface area contributed by atoms with E-state index in [-0.39, 0.29) is 13.2 Å². The van der Waals surface area contributed by atoms with Crippen molar-refractivity contribution >= 4 is 20.8 Å². The molecule has 0 rings (SSSR count). The maximum Gasteiger partial charge on any atom is 0.397 e. The van der Waals surface area contributed by atoms with Crippen LogP contribution < -0.4 is 0 Å². The largest absolute Gasteiger partial charge is 0.397 e. The van der Waals surface area contributed by atoms with E-state index >= 15 is 0 Å². The summed E-state index contributed by atoms with van der Waals surface area (Å²) in [6, 6.07) is 0. The fraction of sp³-hybridized carbons (Fsp3) is 0.889. The van der Waals surface area contributed by atoms with Gasteiger partial charge in [-0.3, -0.25) is 9.11 Å². The van der Waals surface area contributed by atoms with E-state index in [0.29, 0.717) is 12.8 Å². The Labute approximate surface area is 285 Å². The lowest BCUT2D eigenvalue weighted by molar-refractivity contribution is 0.260. The van der Waals surface area contributed by atoms with Gasteiger partial charge in [0, 0.05) is 0 Å². The summed E-state index contributed by atoms with van der Waals surface area (Å²) in [6.07, 6.45) is 43.1. The highest BCUT2D eigenvalue weighted by molar-refractivity contribution is 7.81. The molecule has 0 atom stereocenters. The average Bonchev–Trinajstić information content (AvgIpc) is 2.99. The molecule has 8 nitrogen and oxygen atoms in total. The molecule has 0 aliphatic carbocycles. The molecule has 0 amide bonds. The lowest BCUT2D eigenvalue weighted by Crippen LogP contribution is -2.04.